The van der Waals surface area contributed by atoms with Crippen molar-refractivity contribution in [3.63, 3.8) is 0 Å². The molecule has 0 aliphatic carbocycles. The summed E-state index contributed by atoms with van der Waals surface area (Å²) in [5.74, 6) is 1.50. The predicted molar refractivity (Wildman–Crippen MR) is 90.5 cm³/mol. The van der Waals surface area contributed by atoms with Crippen molar-refractivity contribution >= 4 is 21.6 Å². The van der Waals surface area contributed by atoms with E-state index in [0.29, 0.717) is 0 Å². The van der Waals surface area contributed by atoms with Crippen LogP contribution < -0.4 is 14.8 Å². The van der Waals surface area contributed by atoms with Crippen LogP contribution in [0.25, 0.3) is 0 Å². The van der Waals surface area contributed by atoms with E-state index in [-0.39, 0.29) is 0 Å². The molecule has 0 aliphatic rings. The van der Waals surface area contributed by atoms with Crippen LogP contribution in [0.1, 0.15) is 16.7 Å². The van der Waals surface area contributed by atoms with Gasteiger partial charge in [-0.15, -0.1) is 0 Å². The second kappa shape index (κ2) is 6.85. The lowest BCUT2D eigenvalue weighted by molar-refractivity contribution is 0.354. The Kier molecular flexibility index (Phi) is 5.12. The van der Waals surface area contributed by atoms with Crippen LogP contribution in [0.15, 0.2) is 34.8 Å². The van der Waals surface area contributed by atoms with Crippen LogP contribution in [-0.2, 0) is 6.54 Å². The van der Waals surface area contributed by atoms with Gasteiger partial charge in [0.05, 0.1) is 14.2 Å². The first-order valence-corrected chi connectivity index (χ1v) is 7.56. The van der Waals surface area contributed by atoms with Crippen molar-refractivity contribution in [2.24, 2.45) is 0 Å². The maximum Gasteiger partial charge on any atom is 0.161 e. The molecule has 0 amide bonds. The van der Waals surface area contributed by atoms with Crippen molar-refractivity contribution in [2.75, 3.05) is 19.5 Å². The molecule has 2 aromatic carbocycles. The highest BCUT2D eigenvalue weighted by Crippen LogP contribution is 2.28. The molecule has 0 saturated heterocycles. The van der Waals surface area contributed by atoms with Gasteiger partial charge in [-0.25, -0.2) is 0 Å². The van der Waals surface area contributed by atoms with Crippen LogP contribution in [0.5, 0.6) is 11.5 Å². The second-order valence-electron chi connectivity index (χ2n) is 4.97. The minimum atomic E-state index is 0.737. The van der Waals surface area contributed by atoms with Crippen molar-refractivity contribution in [3.8, 4) is 11.5 Å². The van der Waals surface area contributed by atoms with Crippen LogP contribution in [0.3, 0.4) is 0 Å². The van der Waals surface area contributed by atoms with Gasteiger partial charge in [0.2, 0.25) is 0 Å². The zero-order valence-corrected chi connectivity index (χ0v) is 14.4. The van der Waals surface area contributed by atoms with Crippen molar-refractivity contribution in [1.82, 2.24) is 0 Å². The van der Waals surface area contributed by atoms with Crippen molar-refractivity contribution in [1.29, 1.82) is 0 Å². The Balaban J connectivity index is 2.13. The monoisotopic (exact) mass is 349 g/mol. The zero-order chi connectivity index (χ0) is 15.4. The Bertz CT molecular complexity index is 618. The average Bonchev–Trinajstić information content (AvgIpc) is 2.50. The quantitative estimate of drug-likeness (QED) is 0.848. The van der Waals surface area contributed by atoms with Gasteiger partial charge in [0, 0.05) is 16.7 Å². The summed E-state index contributed by atoms with van der Waals surface area (Å²) in [6, 6.07) is 10.2. The van der Waals surface area contributed by atoms with E-state index in [1.165, 1.54) is 15.6 Å². The summed E-state index contributed by atoms with van der Waals surface area (Å²) in [7, 11) is 3.29. The summed E-state index contributed by atoms with van der Waals surface area (Å²) in [6.07, 6.45) is 0. The van der Waals surface area contributed by atoms with E-state index >= 15 is 0 Å². The topological polar surface area (TPSA) is 30.5 Å². The van der Waals surface area contributed by atoms with Gasteiger partial charge in [0.1, 0.15) is 0 Å². The molecule has 2 rings (SSSR count). The van der Waals surface area contributed by atoms with Crippen LogP contribution in [0.4, 0.5) is 5.69 Å². The lowest BCUT2D eigenvalue weighted by Gasteiger charge is -2.12. The Morgan fingerprint density at radius 2 is 1.57 bits per heavy atom. The van der Waals surface area contributed by atoms with Crippen molar-refractivity contribution in [2.45, 2.75) is 20.4 Å². The molecule has 112 valence electrons. The molecule has 2 aromatic rings. The molecular weight excluding hydrogens is 330 g/mol. The molecule has 0 atom stereocenters. The number of aryl methyl sites for hydroxylation is 2. The van der Waals surface area contributed by atoms with E-state index in [2.05, 4.69) is 47.2 Å². The van der Waals surface area contributed by atoms with Gasteiger partial charge in [-0.3, -0.25) is 0 Å². The molecule has 0 aromatic heterocycles. The second-order valence-corrected chi connectivity index (χ2v) is 5.76. The Morgan fingerprint density at radius 1 is 0.952 bits per heavy atom. The number of benzene rings is 2. The van der Waals surface area contributed by atoms with Gasteiger partial charge in [0.25, 0.3) is 0 Å². The van der Waals surface area contributed by atoms with Gasteiger partial charge in [0.15, 0.2) is 11.5 Å². The van der Waals surface area contributed by atoms with Crippen LogP contribution in [0.2, 0.25) is 0 Å². The third-order valence-corrected chi connectivity index (χ3v) is 4.63. The molecule has 0 spiro atoms. The Labute approximate surface area is 134 Å². The lowest BCUT2D eigenvalue weighted by atomic mass is 10.1. The largest absolute Gasteiger partial charge is 0.493 e. The first-order chi connectivity index (χ1) is 10.0. The number of methoxy groups -OCH3 is 2. The van der Waals surface area contributed by atoms with Crippen LogP contribution in [-0.4, -0.2) is 14.2 Å². The standard InChI is InChI=1S/C17H20BrNO2/c1-11-7-14(8-12(2)17(11)18)19-10-13-5-6-15(20-3)16(9-13)21-4/h5-9,19H,10H2,1-4H3. The van der Waals surface area contributed by atoms with Crippen LogP contribution in [0, 0.1) is 13.8 Å². The van der Waals surface area contributed by atoms with E-state index in [4.69, 9.17) is 9.47 Å². The molecule has 4 heteroatoms. The fraction of sp³-hybridized carbons (Fsp3) is 0.294. The fourth-order valence-corrected chi connectivity index (χ4v) is 2.47. The molecule has 0 radical (unpaired) electrons. The highest BCUT2D eigenvalue weighted by molar-refractivity contribution is 9.10. The molecule has 3 nitrogen and oxygen atoms in total. The number of ether oxygens (including phenoxy) is 2. The predicted octanol–water partition coefficient (Wildman–Crippen LogP) is 4.70. The summed E-state index contributed by atoms with van der Waals surface area (Å²) in [6.45, 7) is 4.93. The molecule has 21 heavy (non-hydrogen) atoms. The molecule has 0 aliphatic heterocycles. The number of nitrogens with one attached hydrogen (secondary N) is 1. The van der Waals surface area contributed by atoms with Gasteiger partial charge < -0.3 is 14.8 Å². The minimum Gasteiger partial charge on any atom is -0.493 e. The van der Waals surface area contributed by atoms with Crippen molar-refractivity contribution in [3.05, 3.63) is 51.5 Å². The number of halogens is 1. The number of anilines is 1. The first kappa shape index (κ1) is 15.7. The van der Waals surface area contributed by atoms with E-state index in [0.717, 1.165) is 29.3 Å². The molecular formula is C17H20BrNO2. The van der Waals surface area contributed by atoms with E-state index in [9.17, 15) is 0 Å². The highest BCUT2D eigenvalue weighted by Gasteiger charge is 2.05. The van der Waals surface area contributed by atoms with Gasteiger partial charge in [-0.1, -0.05) is 22.0 Å². The van der Waals surface area contributed by atoms with Gasteiger partial charge in [-0.2, -0.15) is 0 Å². The van der Waals surface area contributed by atoms with Crippen molar-refractivity contribution < 1.29 is 9.47 Å². The number of rotatable bonds is 5. The third-order valence-electron chi connectivity index (χ3n) is 3.38. The van der Waals surface area contributed by atoms with E-state index < -0.39 is 0 Å². The number of hydrogen-bond donors (Lipinski definition) is 1. The Morgan fingerprint density at radius 3 is 2.14 bits per heavy atom. The van der Waals surface area contributed by atoms with Gasteiger partial charge in [-0.05, 0) is 54.8 Å². The summed E-state index contributed by atoms with van der Waals surface area (Å²) in [5.41, 5.74) is 4.71. The zero-order valence-electron chi connectivity index (χ0n) is 12.8. The normalized spacial score (nSPS) is 10.3. The van der Waals surface area contributed by atoms with E-state index in [1.807, 2.05) is 18.2 Å². The summed E-state index contributed by atoms with van der Waals surface area (Å²) in [4.78, 5) is 0. The SMILES string of the molecule is COc1ccc(CNc2cc(C)c(Br)c(C)c2)cc1OC. The molecule has 0 fully saturated rings. The number of hydrogen-bond acceptors (Lipinski definition) is 3. The molecule has 0 heterocycles. The van der Waals surface area contributed by atoms with Crippen LogP contribution >= 0.6 is 15.9 Å². The highest BCUT2D eigenvalue weighted by atomic mass is 79.9. The smallest absolute Gasteiger partial charge is 0.161 e. The summed E-state index contributed by atoms with van der Waals surface area (Å²) >= 11 is 3.59. The first-order valence-electron chi connectivity index (χ1n) is 6.76. The maximum absolute atomic E-state index is 5.32. The summed E-state index contributed by atoms with van der Waals surface area (Å²) < 4.78 is 11.7. The average molecular weight is 350 g/mol. The third kappa shape index (κ3) is 3.70. The Hall–Kier alpha value is -1.68. The molecule has 0 unspecified atom stereocenters. The fourth-order valence-electron chi connectivity index (χ4n) is 2.24. The molecule has 0 bridgehead atoms. The lowest BCUT2D eigenvalue weighted by Crippen LogP contribution is -2.01. The molecule has 0 saturated carbocycles. The van der Waals surface area contributed by atoms with E-state index in [1.54, 1.807) is 14.2 Å². The van der Waals surface area contributed by atoms with Gasteiger partial charge >= 0.3 is 0 Å². The maximum atomic E-state index is 5.32. The summed E-state index contributed by atoms with van der Waals surface area (Å²) in [5, 5.41) is 3.44. The molecule has 1 N–H and O–H groups in total. The minimum absolute atomic E-state index is 0.737.